The number of hydrogen-bond donors (Lipinski definition) is 2. The molecule has 0 fully saturated rings. The first kappa shape index (κ1) is 9.88. The smallest absolute Gasteiger partial charge is 0.0225 e. The fourth-order valence-corrected chi connectivity index (χ4v) is 0.995. The summed E-state index contributed by atoms with van der Waals surface area (Å²) in [4.78, 5) is 2.14. The number of hydrogen-bond acceptors (Lipinski definition) is 3. The van der Waals surface area contributed by atoms with Gasteiger partial charge in [0.15, 0.2) is 0 Å². The summed E-state index contributed by atoms with van der Waals surface area (Å²) in [6.45, 7) is 6.54. The average molecular weight is 145 g/mol. The Labute approximate surface area is 63.4 Å². The Morgan fingerprint density at radius 1 is 1.40 bits per heavy atom. The Bertz CT molecular complexity index is 85.3. The summed E-state index contributed by atoms with van der Waals surface area (Å²) in [5.74, 6) is 0. The molecule has 0 bridgehead atoms. The summed E-state index contributed by atoms with van der Waals surface area (Å²) < 4.78 is 0. The second-order valence-electron chi connectivity index (χ2n) is 3.52. The summed E-state index contributed by atoms with van der Waals surface area (Å²) in [6, 6.07) is 0. The Morgan fingerprint density at radius 3 is 2.20 bits per heavy atom. The highest BCUT2D eigenvalue weighted by Gasteiger charge is 2.12. The van der Waals surface area contributed by atoms with Gasteiger partial charge < -0.3 is 16.4 Å². The lowest BCUT2D eigenvalue weighted by atomic mass is 10.1. The second kappa shape index (κ2) is 3.91. The van der Waals surface area contributed by atoms with Gasteiger partial charge in [-0.25, -0.2) is 0 Å². The molecule has 4 N–H and O–H groups in total. The third-order valence-corrected chi connectivity index (χ3v) is 1.19. The molecule has 0 radical (unpaired) electrons. The largest absolute Gasteiger partial charge is 0.329 e. The third kappa shape index (κ3) is 6.01. The Balaban J connectivity index is 3.47. The van der Waals surface area contributed by atoms with Crippen LogP contribution in [0, 0.1) is 0 Å². The van der Waals surface area contributed by atoms with Gasteiger partial charge in [-0.1, -0.05) is 0 Å². The van der Waals surface area contributed by atoms with Crippen LogP contribution in [0.1, 0.15) is 13.8 Å². The van der Waals surface area contributed by atoms with Crippen LogP contribution in [0.3, 0.4) is 0 Å². The molecule has 0 amide bonds. The van der Waals surface area contributed by atoms with E-state index in [-0.39, 0.29) is 5.54 Å². The van der Waals surface area contributed by atoms with Crippen molar-refractivity contribution in [1.82, 2.24) is 4.90 Å². The Morgan fingerprint density at radius 2 is 1.90 bits per heavy atom. The molecule has 0 rings (SSSR count). The van der Waals surface area contributed by atoms with Crippen molar-refractivity contribution in [3.05, 3.63) is 0 Å². The van der Waals surface area contributed by atoms with E-state index < -0.39 is 0 Å². The summed E-state index contributed by atoms with van der Waals surface area (Å²) in [5, 5.41) is 0. The molecule has 0 aliphatic carbocycles. The van der Waals surface area contributed by atoms with Gasteiger partial charge in [-0.05, 0) is 20.9 Å². The third-order valence-electron chi connectivity index (χ3n) is 1.19. The minimum Gasteiger partial charge on any atom is -0.329 e. The Hall–Kier alpha value is -0.120. The highest BCUT2D eigenvalue weighted by atomic mass is 15.1. The predicted molar refractivity (Wildman–Crippen MR) is 44.8 cm³/mol. The molecule has 0 atom stereocenters. The highest BCUT2D eigenvalue weighted by Crippen LogP contribution is 1.97. The average Bonchev–Trinajstić information content (AvgIpc) is 1.59. The zero-order valence-electron chi connectivity index (χ0n) is 7.22. The Kier molecular flexibility index (Phi) is 3.86. The molecule has 10 heavy (non-hydrogen) atoms. The van der Waals surface area contributed by atoms with Crippen LogP contribution in [0.4, 0.5) is 0 Å². The van der Waals surface area contributed by atoms with Crippen LogP contribution < -0.4 is 11.5 Å². The van der Waals surface area contributed by atoms with Crippen molar-refractivity contribution in [1.29, 1.82) is 0 Å². The van der Waals surface area contributed by atoms with E-state index in [9.17, 15) is 0 Å². The molecule has 3 heteroatoms. The molecule has 0 aliphatic rings. The van der Waals surface area contributed by atoms with Crippen molar-refractivity contribution < 1.29 is 0 Å². The molecular formula is C7H19N3. The van der Waals surface area contributed by atoms with Crippen LogP contribution in [-0.4, -0.2) is 37.1 Å². The van der Waals surface area contributed by atoms with Gasteiger partial charge in [0, 0.05) is 25.2 Å². The summed E-state index contributed by atoms with van der Waals surface area (Å²) in [5.41, 5.74) is 11.0. The van der Waals surface area contributed by atoms with Crippen LogP contribution in [0.25, 0.3) is 0 Å². The standard InChI is InChI=1S/C7H19N3/c1-7(2,9)6-10(3)5-4-8/h4-6,8-9H2,1-3H3. The van der Waals surface area contributed by atoms with E-state index in [0.29, 0.717) is 6.54 Å². The van der Waals surface area contributed by atoms with Gasteiger partial charge in [-0.15, -0.1) is 0 Å². The van der Waals surface area contributed by atoms with Crippen LogP contribution in [0.5, 0.6) is 0 Å². The summed E-state index contributed by atoms with van der Waals surface area (Å²) in [7, 11) is 2.03. The van der Waals surface area contributed by atoms with E-state index in [0.717, 1.165) is 13.1 Å². The lowest BCUT2D eigenvalue weighted by Gasteiger charge is -2.25. The fraction of sp³-hybridized carbons (Fsp3) is 1.00. The lowest BCUT2D eigenvalue weighted by molar-refractivity contribution is 0.276. The van der Waals surface area contributed by atoms with Gasteiger partial charge in [-0.2, -0.15) is 0 Å². The fourth-order valence-electron chi connectivity index (χ4n) is 0.995. The molecule has 3 nitrogen and oxygen atoms in total. The van der Waals surface area contributed by atoms with Crippen molar-refractivity contribution in [2.24, 2.45) is 11.5 Å². The van der Waals surface area contributed by atoms with E-state index in [4.69, 9.17) is 11.5 Å². The zero-order chi connectivity index (χ0) is 8.20. The van der Waals surface area contributed by atoms with E-state index in [1.54, 1.807) is 0 Å². The van der Waals surface area contributed by atoms with Gasteiger partial charge in [0.2, 0.25) is 0 Å². The SMILES string of the molecule is CN(CCN)CC(C)(C)N. The van der Waals surface area contributed by atoms with Crippen molar-refractivity contribution in [3.8, 4) is 0 Å². The van der Waals surface area contributed by atoms with E-state index in [2.05, 4.69) is 4.90 Å². The van der Waals surface area contributed by atoms with E-state index >= 15 is 0 Å². The first-order valence-corrected chi connectivity index (χ1v) is 3.63. The molecule has 0 saturated heterocycles. The molecule has 0 unspecified atom stereocenters. The molecule has 62 valence electrons. The molecule has 0 aromatic rings. The number of nitrogens with two attached hydrogens (primary N) is 2. The van der Waals surface area contributed by atoms with Gasteiger partial charge in [0.25, 0.3) is 0 Å². The maximum Gasteiger partial charge on any atom is 0.0225 e. The quantitative estimate of drug-likeness (QED) is 0.566. The maximum absolute atomic E-state index is 5.78. The molecule has 0 spiro atoms. The van der Waals surface area contributed by atoms with Crippen molar-refractivity contribution in [2.45, 2.75) is 19.4 Å². The second-order valence-corrected chi connectivity index (χ2v) is 3.52. The maximum atomic E-state index is 5.78. The first-order chi connectivity index (χ1) is 4.45. The van der Waals surface area contributed by atoms with Gasteiger partial charge >= 0.3 is 0 Å². The van der Waals surface area contributed by atoms with Crippen molar-refractivity contribution in [2.75, 3.05) is 26.7 Å². The first-order valence-electron chi connectivity index (χ1n) is 3.63. The molecule has 0 saturated carbocycles. The van der Waals surface area contributed by atoms with Crippen LogP contribution >= 0.6 is 0 Å². The minimum absolute atomic E-state index is 0.107. The lowest BCUT2D eigenvalue weighted by Crippen LogP contribution is -2.45. The monoisotopic (exact) mass is 145 g/mol. The van der Waals surface area contributed by atoms with Crippen molar-refractivity contribution in [3.63, 3.8) is 0 Å². The zero-order valence-corrected chi connectivity index (χ0v) is 7.22. The molecule has 0 aromatic heterocycles. The summed E-state index contributed by atoms with van der Waals surface area (Å²) >= 11 is 0. The number of nitrogens with zero attached hydrogens (tertiary/aromatic N) is 1. The van der Waals surface area contributed by atoms with Crippen LogP contribution in [0.15, 0.2) is 0 Å². The van der Waals surface area contributed by atoms with E-state index in [1.807, 2.05) is 20.9 Å². The van der Waals surface area contributed by atoms with Gasteiger partial charge in [-0.3, -0.25) is 0 Å². The number of likely N-dealkylation sites (N-methyl/N-ethyl adjacent to an activating group) is 1. The minimum atomic E-state index is -0.107. The summed E-state index contributed by atoms with van der Waals surface area (Å²) in [6.07, 6.45) is 0. The molecule has 0 aliphatic heterocycles. The van der Waals surface area contributed by atoms with Crippen molar-refractivity contribution >= 4 is 0 Å². The number of rotatable bonds is 4. The molecular weight excluding hydrogens is 126 g/mol. The predicted octanol–water partition coefficient (Wildman–Crippen LogP) is -0.386. The molecule has 0 heterocycles. The van der Waals surface area contributed by atoms with Crippen LogP contribution in [-0.2, 0) is 0 Å². The molecule has 0 aromatic carbocycles. The normalized spacial score (nSPS) is 12.6. The van der Waals surface area contributed by atoms with Gasteiger partial charge in [0.05, 0.1) is 0 Å². The van der Waals surface area contributed by atoms with Gasteiger partial charge in [0.1, 0.15) is 0 Å². The highest BCUT2D eigenvalue weighted by molar-refractivity contribution is 4.75. The van der Waals surface area contributed by atoms with Crippen LogP contribution in [0.2, 0.25) is 0 Å². The van der Waals surface area contributed by atoms with E-state index in [1.165, 1.54) is 0 Å². The topological polar surface area (TPSA) is 55.3 Å².